The van der Waals surface area contributed by atoms with E-state index in [0.717, 1.165) is 14.3 Å². The number of fused-ring (bicyclic) bond motifs is 1. The fourth-order valence-electron chi connectivity index (χ4n) is 1.90. The molecule has 1 amide bonds. The quantitative estimate of drug-likeness (QED) is 0.600. The normalized spacial score (nSPS) is 10.9. The van der Waals surface area contributed by atoms with Crippen molar-refractivity contribution in [2.75, 3.05) is 5.32 Å². The van der Waals surface area contributed by atoms with Gasteiger partial charge in [0, 0.05) is 22.2 Å². The Balaban J connectivity index is 1.96. The summed E-state index contributed by atoms with van der Waals surface area (Å²) < 4.78 is 7.26. The zero-order valence-corrected chi connectivity index (χ0v) is 15.1. The first kappa shape index (κ1) is 15.4. The minimum Gasteiger partial charge on any atom is -0.451 e. The molecule has 0 unspecified atom stereocenters. The molecule has 2 heterocycles. The molecule has 22 heavy (non-hydrogen) atoms. The molecule has 0 aliphatic rings. The van der Waals surface area contributed by atoms with Crippen molar-refractivity contribution >= 4 is 71.0 Å². The van der Waals surface area contributed by atoms with E-state index in [0.29, 0.717) is 10.7 Å². The van der Waals surface area contributed by atoms with Crippen LogP contribution >= 0.6 is 43.2 Å². The summed E-state index contributed by atoms with van der Waals surface area (Å²) in [5, 5.41) is 5.33. The molecule has 0 aliphatic carbocycles. The first-order valence-corrected chi connectivity index (χ1v) is 8.57. The lowest BCUT2D eigenvalue weighted by Gasteiger charge is -1.94. The van der Waals surface area contributed by atoms with E-state index in [1.54, 1.807) is 11.4 Å². The molecule has 0 radical (unpaired) electrons. The molecule has 2 aromatic heterocycles. The first-order valence-electron chi connectivity index (χ1n) is 6.10. The van der Waals surface area contributed by atoms with Gasteiger partial charge in [-0.15, -0.1) is 11.3 Å². The summed E-state index contributed by atoms with van der Waals surface area (Å²) in [5.41, 5.74) is 0.840. The summed E-state index contributed by atoms with van der Waals surface area (Å²) in [5.74, 6) is -0.355. The van der Waals surface area contributed by atoms with Crippen LogP contribution in [0, 0.1) is 0 Å². The number of carbonyl (C=O) groups excluding carboxylic acids is 2. The van der Waals surface area contributed by atoms with Gasteiger partial charge >= 0.3 is 0 Å². The van der Waals surface area contributed by atoms with Crippen molar-refractivity contribution in [1.29, 1.82) is 0 Å². The van der Waals surface area contributed by atoms with Gasteiger partial charge in [0.15, 0.2) is 10.9 Å². The van der Waals surface area contributed by atoms with Crippen LogP contribution in [0.1, 0.15) is 23.2 Å². The van der Waals surface area contributed by atoms with Gasteiger partial charge in [-0.2, -0.15) is 0 Å². The Morgan fingerprint density at radius 3 is 2.77 bits per heavy atom. The molecule has 0 aliphatic heterocycles. The lowest BCUT2D eigenvalue weighted by molar-refractivity contribution is -0.114. The summed E-state index contributed by atoms with van der Waals surface area (Å²) in [6.45, 7) is 1.39. The number of furan rings is 1. The van der Waals surface area contributed by atoms with Gasteiger partial charge in [0.1, 0.15) is 11.3 Å². The second-order valence-corrected chi connectivity index (χ2v) is 7.09. The smallest absolute Gasteiger partial charge is 0.247 e. The number of halogens is 2. The third-order valence-corrected chi connectivity index (χ3v) is 4.58. The minimum atomic E-state index is -0.327. The molecular weight excluding hydrogens is 436 g/mol. The van der Waals surface area contributed by atoms with Crippen LogP contribution in [-0.4, -0.2) is 16.7 Å². The Morgan fingerprint density at radius 2 is 2.05 bits per heavy atom. The molecule has 0 saturated carbocycles. The highest BCUT2D eigenvalue weighted by atomic mass is 79.9. The number of ketones is 1. The second kappa shape index (κ2) is 5.94. The number of amides is 1. The number of carbonyl (C=O) groups is 2. The lowest BCUT2D eigenvalue weighted by atomic mass is 10.2. The van der Waals surface area contributed by atoms with Crippen molar-refractivity contribution < 1.29 is 14.0 Å². The van der Waals surface area contributed by atoms with E-state index < -0.39 is 0 Å². The molecule has 3 aromatic rings. The number of hydrogen-bond acceptors (Lipinski definition) is 5. The van der Waals surface area contributed by atoms with Crippen molar-refractivity contribution in [3.8, 4) is 0 Å². The Bertz CT molecular complexity index is 901. The molecule has 5 nitrogen and oxygen atoms in total. The highest BCUT2D eigenvalue weighted by Crippen LogP contribution is 2.32. The van der Waals surface area contributed by atoms with E-state index in [4.69, 9.17) is 4.42 Å². The maximum absolute atomic E-state index is 12.4. The van der Waals surface area contributed by atoms with Crippen LogP contribution in [0.4, 0.5) is 5.13 Å². The van der Waals surface area contributed by atoms with Gasteiger partial charge in [-0.05, 0) is 34.1 Å². The fraction of sp³-hybridized carbons (Fsp3) is 0.0714. The van der Waals surface area contributed by atoms with Crippen molar-refractivity contribution in [3.05, 3.63) is 44.0 Å². The fourth-order valence-corrected chi connectivity index (χ4v) is 3.98. The Kier molecular flexibility index (Phi) is 4.16. The van der Waals surface area contributed by atoms with Crippen LogP contribution in [0.25, 0.3) is 11.0 Å². The maximum atomic E-state index is 12.4. The minimum absolute atomic E-state index is 0.202. The molecular formula is C14H8Br2N2O3S. The molecule has 0 bridgehead atoms. The maximum Gasteiger partial charge on any atom is 0.247 e. The van der Waals surface area contributed by atoms with Gasteiger partial charge in [0.2, 0.25) is 11.7 Å². The van der Waals surface area contributed by atoms with Crippen LogP contribution in [0.3, 0.4) is 0 Å². The largest absolute Gasteiger partial charge is 0.451 e. The van der Waals surface area contributed by atoms with Crippen molar-refractivity contribution in [3.63, 3.8) is 0 Å². The number of aromatic nitrogens is 1. The van der Waals surface area contributed by atoms with Crippen LogP contribution in [0.5, 0.6) is 0 Å². The van der Waals surface area contributed by atoms with E-state index >= 15 is 0 Å². The van der Waals surface area contributed by atoms with Crippen LogP contribution in [0.2, 0.25) is 0 Å². The number of anilines is 1. The number of benzene rings is 1. The summed E-state index contributed by atoms with van der Waals surface area (Å²) in [4.78, 5) is 27.5. The van der Waals surface area contributed by atoms with Gasteiger partial charge in [0.25, 0.3) is 0 Å². The number of nitrogens with zero attached hydrogens (tertiary/aromatic N) is 1. The van der Waals surface area contributed by atoms with Crippen molar-refractivity contribution in [1.82, 2.24) is 4.98 Å². The van der Waals surface area contributed by atoms with Gasteiger partial charge in [-0.3, -0.25) is 9.59 Å². The zero-order valence-electron chi connectivity index (χ0n) is 11.1. The third kappa shape index (κ3) is 2.99. The Labute approximate surface area is 146 Å². The van der Waals surface area contributed by atoms with Crippen LogP contribution < -0.4 is 5.32 Å². The molecule has 0 saturated heterocycles. The average Bonchev–Trinajstić information content (AvgIpc) is 3.03. The van der Waals surface area contributed by atoms with Gasteiger partial charge in [0.05, 0.1) is 4.47 Å². The Morgan fingerprint density at radius 1 is 1.27 bits per heavy atom. The molecule has 8 heteroatoms. The van der Waals surface area contributed by atoms with E-state index in [1.807, 2.05) is 12.1 Å². The van der Waals surface area contributed by atoms with Crippen molar-refractivity contribution in [2.45, 2.75) is 6.92 Å². The summed E-state index contributed by atoms with van der Waals surface area (Å²) in [7, 11) is 0. The van der Waals surface area contributed by atoms with Crippen molar-refractivity contribution in [2.24, 2.45) is 0 Å². The predicted octanol–water partition coefficient (Wildman–Crippen LogP) is 4.60. The topological polar surface area (TPSA) is 72.2 Å². The molecule has 0 fully saturated rings. The van der Waals surface area contributed by atoms with Crippen LogP contribution in [-0.2, 0) is 4.79 Å². The predicted molar refractivity (Wildman–Crippen MR) is 91.5 cm³/mol. The lowest BCUT2D eigenvalue weighted by Crippen LogP contribution is -2.06. The first-order chi connectivity index (χ1) is 10.4. The van der Waals surface area contributed by atoms with E-state index in [2.05, 4.69) is 42.2 Å². The molecule has 112 valence electrons. The monoisotopic (exact) mass is 442 g/mol. The van der Waals surface area contributed by atoms with Gasteiger partial charge < -0.3 is 9.73 Å². The molecule has 1 N–H and O–H groups in total. The number of rotatable bonds is 3. The molecule has 0 spiro atoms. The zero-order chi connectivity index (χ0) is 15.9. The second-order valence-electron chi connectivity index (χ2n) is 4.46. The Hall–Kier alpha value is -1.51. The van der Waals surface area contributed by atoms with Gasteiger partial charge in [-0.1, -0.05) is 15.9 Å². The average molecular weight is 444 g/mol. The summed E-state index contributed by atoms with van der Waals surface area (Å²) in [6, 6.07) is 5.38. The standard InChI is InChI=1S/C14H8Br2N2O3S/c1-6(19)17-14-18-10(5-22-14)12(20)11-3-7-2-8(15)4-9(16)13(7)21-11/h2-5H,1H3,(H,17,18,19). The number of hydrogen-bond donors (Lipinski definition) is 1. The summed E-state index contributed by atoms with van der Waals surface area (Å²) in [6.07, 6.45) is 0. The molecule has 3 rings (SSSR count). The number of thiazole rings is 1. The highest BCUT2D eigenvalue weighted by Gasteiger charge is 2.19. The summed E-state index contributed by atoms with van der Waals surface area (Å²) >= 11 is 7.99. The van der Waals surface area contributed by atoms with E-state index in [-0.39, 0.29) is 23.1 Å². The van der Waals surface area contributed by atoms with E-state index in [1.165, 1.54) is 18.3 Å². The molecule has 1 aromatic carbocycles. The number of nitrogens with one attached hydrogen (secondary N) is 1. The van der Waals surface area contributed by atoms with Crippen LogP contribution in [0.15, 0.2) is 36.9 Å². The highest BCUT2D eigenvalue weighted by molar-refractivity contribution is 9.11. The van der Waals surface area contributed by atoms with E-state index in [9.17, 15) is 9.59 Å². The SMILES string of the molecule is CC(=O)Nc1nc(C(=O)c2cc3cc(Br)cc(Br)c3o2)cs1. The molecule has 0 atom stereocenters. The van der Waals surface area contributed by atoms with Gasteiger partial charge in [-0.25, -0.2) is 4.98 Å². The third-order valence-electron chi connectivity index (χ3n) is 2.78.